The lowest BCUT2D eigenvalue weighted by atomic mass is 10.2. The first kappa shape index (κ1) is 13.1. The normalized spacial score (nSPS) is 10.3. The summed E-state index contributed by atoms with van der Waals surface area (Å²) >= 11 is 11.6. The van der Waals surface area contributed by atoms with Gasteiger partial charge in [0.05, 0.1) is 16.1 Å². The molecule has 0 aliphatic heterocycles. The van der Waals surface area contributed by atoms with E-state index in [9.17, 15) is 4.79 Å². The van der Waals surface area contributed by atoms with Gasteiger partial charge in [0.1, 0.15) is 0 Å². The number of benzene rings is 1. The van der Waals surface area contributed by atoms with Crippen LogP contribution in [0.3, 0.4) is 0 Å². The Labute approximate surface area is 105 Å². The molecule has 0 saturated heterocycles. The van der Waals surface area contributed by atoms with Crippen molar-refractivity contribution in [3.8, 4) is 0 Å². The molecule has 0 fully saturated rings. The third-order valence-electron chi connectivity index (χ3n) is 1.76. The third-order valence-corrected chi connectivity index (χ3v) is 2.50. The summed E-state index contributed by atoms with van der Waals surface area (Å²) < 4.78 is 4.92. The van der Waals surface area contributed by atoms with Crippen molar-refractivity contribution in [2.24, 2.45) is 0 Å². The van der Waals surface area contributed by atoms with E-state index in [-0.39, 0.29) is 6.10 Å². The minimum atomic E-state index is -0.443. The van der Waals surface area contributed by atoms with Crippen LogP contribution in [0.15, 0.2) is 18.2 Å². The van der Waals surface area contributed by atoms with Gasteiger partial charge in [0.25, 0.3) is 0 Å². The molecule has 88 valence electrons. The maximum absolute atomic E-state index is 11.2. The minimum Gasteiger partial charge on any atom is -0.447 e. The number of hydrogen-bond donors (Lipinski definition) is 1. The Morgan fingerprint density at radius 1 is 1.38 bits per heavy atom. The first-order valence-corrected chi connectivity index (χ1v) is 5.63. The van der Waals surface area contributed by atoms with Gasteiger partial charge in [0.15, 0.2) is 0 Å². The zero-order valence-corrected chi connectivity index (χ0v) is 10.6. The monoisotopic (exact) mass is 261 g/mol. The zero-order valence-electron chi connectivity index (χ0n) is 9.09. The van der Waals surface area contributed by atoms with Crippen LogP contribution in [0, 0.1) is 0 Å². The lowest BCUT2D eigenvalue weighted by molar-refractivity contribution is 0.115. The van der Waals surface area contributed by atoms with E-state index in [1.165, 1.54) is 0 Å². The van der Waals surface area contributed by atoms with Crippen molar-refractivity contribution < 1.29 is 9.53 Å². The van der Waals surface area contributed by atoms with E-state index in [4.69, 9.17) is 27.9 Å². The van der Waals surface area contributed by atoms with E-state index < -0.39 is 6.09 Å². The highest BCUT2D eigenvalue weighted by atomic mass is 35.5. The van der Waals surface area contributed by atoms with Crippen LogP contribution in [0.5, 0.6) is 0 Å². The van der Waals surface area contributed by atoms with Gasteiger partial charge in [0, 0.05) is 6.54 Å². The SMILES string of the molecule is CC(C)OC(=O)NCc1ccc(Cl)c(Cl)c1. The van der Waals surface area contributed by atoms with E-state index in [1.807, 2.05) is 0 Å². The lowest BCUT2D eigenvalue weighted by Crippen LogP contribution is -2.26. The molecule has 16 heavy (non-hydrogen) atoms. The Morgan fingerprint density at radius 2 is 2.06 bits per heavy atom. The van der Waals surface area contributed by atoms with Gasteiger partial charge >= 0.3 is 6.09 Å². The van der Waals surface area contributed by atoms with Crippen LogP contribution in [0.25, 0.3) is 0 Å². The summed E-state index contributed by atoms with van der Waals surface area (Å²) in [7, 11) is 0. The van der Waals surface area contributed by atoms with Gasteiger partial charge < -0.3 is 10.1 Å². The quantitative estimate of drug-likeness (QED) is 0.903. The van der Waals surface area contributed by atoms with Gasteiger partial charge in [-0.15, -0.1) is 0 Å². The van der Waals surface area contributed by atoms with Crippen LogP contribution in [0.4, 0.5) is 4.79 Å². The van der Waals surface area contributed by atoms with Crippen molar-refractivity contribution in [2.75, 3.05) is 0 Å². The molecule has 1 aromatic rings. The van der Waals surface area contributed by atoms with Gasteiger partial charge in [0.2, 0.25) is 0 Å². The summed E-state index contributed by atoms with van der Waals surface area (Å²) in [5.41, 5.74) is 0.870. The average Bonchev–Trinajstić information content (AvgIpc) is 2.19. The number of amides is 1. The van der Waals surface area contributed by atoms with Crippen molar-refractivity contribution in [3.63, 3.8) is 0 Å². The van der Waals surface area contributed by atoms with Gasteiger partial charge in [-0.05, 0) is 31.5 Å². The molecule has 0 saturated carbocycles. The van der Waals surface area contributed by atoms with Gasteiger partial charge in [-0.25, -0.2) is 4.79 Å². The average molecular weight is 262 g/mol. The highest BCUT2D eigenvalue weighted by Gasteiger charge is 2.05. The maximum Gasteiger partial charge on any atom is 0.407 e. The molecule has 0 unspecified atom stereocenters. The van der Waals surface area contributed by atoms with E-state index in [0.29, 0.717) is 16.6 Å². The highest BCUT2D eigenvalue weighted by Crippen LogP contribution is 2.22. The Hall–Kier alpha value is -0.930. The molecule has 0 aromatic heterocycles. The molecule has 1 N–H and O–H groups in total. The first-order valence-electron chi connectivity index (χ1n) is 4.87. The molecule has 0 spiro atoms. The standard InChI is InChI=1S/C11H13Cl2NO2/c1-7(2)16-11(15)14-6-8-3-4-9(12)10(13)5-8/h3-5,7H,6H2,1-2H3,(H,14,15). The van der Waals surface area contributed by atoms with Crippen LogP contribution in [-0.4, -0.2) is 12.2 Å². The van der Waals surface area contributed by atoms with E-state index in [2.05, 4.69) is 5.32 Å². The predicted octanol–water partition coefficient (Wildman–Crippen LogP) is 3.63. The summed E-state index contributed by atoms with van der Waals surface area (Å²) in [6.45, 7) is 3.94. The van der Waals surface area contributed by atoms with Gasteiger partial charge in [-0.2, -0.15) is 0 Å². The second-order valence-corrected chi connectivity index (χ2v) is 4.37. The Morgan fingerprint density at radius 3 is 2.62 bits per heavy atom. The Balaban J connectivity index is 2.48. The Kier molecular flexibility index (Phi) is 4.90. The van der Waals surface area contributed by atoms with Crippen LogP contribution >= 0.6 is 23.2 Å². The number of carbonyl (C=O) groups excluding carboxylic acids is 1. The molecule has 1 aromatic carbocycles. The number of hydrogen-bond acceptors (Lipinski definition) is 2. The molecule has 0 aliphatic carbocycles. The second-order valence-electron chi connectivity index (χ2n) is 3.56. The number of carbonyl (C=O) groups is 1. The second kappa shape index (κ2) is 5.97. The molecule has 0 heterocycles. The van der Waals surface area contributed by atoms with Gasteiger partial charge in [-0.1, -0.05) is 29.3 Å². The molecular formula is C11H13Cl2NO2. The van der Waals surface area contributed by atoms with Crippen molar-refractivity contribution in [2.45, 2.75) is 26.5 Å². The smallest absolute Gasteiger partial charge is 0.407 e. The largest absolute Gasteiger partial charge is 0.447 e. The molecule has 0 bridgehead atoms. The van der Waals surface area contributed by atoms with Gasteiger partial charge in [-0.3, -0.25) is 0 Å². The maximum atomic E-state index is 11.2. The number of nitrogens with one attached hydrogen (secondary N) is 1. The Bertz CT molecular complexity index is 380. The number of rotatable bonds is 3. The highest BCUT2D eigenvalue weighted by molar-refractivity contribution is 6.42. The summed E-state index contributed by atoms with van der Waals surface area (Å²) in [5, 5.41) is 3.58. The van der Waals surface area contributed by atoms with Crippen molar-refractivity contribution >= 4 is 29.3 Å². The number of alkyl carbamates (subject to hydrolysis) is 1. The van der Waals surface area contributed by atoms with Crippen LogP contribution in [0.2, 0.25) is 10.0 Å². The van der Waals surface area contributed by atoms with E-state index in [1.54, 1.807) is 32.0 Å². The molecule has 0 aliphatic rings. The minimum absolute atomic E-state index is 0.131. The molecular weight excluding hydrogens is 249 g/mol. The lowest BCUT2D eigenvalue weighted by Gasteiger charge is -2.09. The zero-order chi connectivity index (χ0) is 12.1. The summed E-state index contributed by atoms with van der Waals surface area (Å²) in [4.78, 5) is 11.2. The van der Waals surface area contributed by atoms with Crippen molar-refractivity contribution in [1.82, 2.24) is 5.32 Å². The van der Waals surface area contributed by atoms with Crippen molar-refractivity contribution in [3.05, 3.63) is 33.8 Å². The molecule has 0 radical (unpaired) electrons. The third kappa shape index (κ3) is 4.29. The molecule has 1 amide bonds. The molecule has 3 nitrogen and oxygen atoms in total. The number of halogens is 2. The van der Waals surface area contributed by atoms with Crippen LogP contribution in [0.1, 0.15) is 19.4 Å². The summed E-state index contributed by atoms with van der Waals surface area (Å²) in [6, 6.07) is 5.19. The first-order chi connectivity index (χ1) is 7.49. The topological polar surface area (TPSA) is 38.3 Å². The van der Waals surface area contributed by atoms with Crippen molar-refractivity contribution in [1.29, 1.82) is 0 Å². The fourth-order valence-corrected chi connectivity index (χ4v) is 1.40. The fraction of sp³-hybridized carbons (Fsp3) is 0.364. The fourth-order valence-electron chi connectivity index (χ4n) is 1.08. The predicted molar refractivity (Wildman–Crippen MR) is 64.9 cm³/mol. The van der Waals surface area contributed by atoms with E-state index >= 15 is 0 Å². The van der Waals surface area contributed by atoms with E-state index in [0.717, 1.165) is 5.56 Å². The molecule has 5 heteroatoms. The van der Waals surface area contributed by atoms with Crippen LogP contribution < -0.4 is 5.32 Å². The summed E-state index contributed by atoms with van der Waals surface area (Å²) in [5.74, 6) is 0. The van der Waals surface area contributed by atoms with Crippen LogP contribution in [-0.2, 0) is 11.3 Å². The summed E-state index contributed by atoms with van der Waals surface area (Å²) in [6.07, 6.45) is -0.574. The molecule has 0 atom stereocenters. The number of ether oxygens (including phenoxy) is 1. The molecule has 1 rings (SSSR count).